The van der Waals surface area contributed by atoms with Crippen LogP contribution in [-0.2, 0) is 4.79 Å². The predicted octanol–water partition coefficient (Wildman–Crippen LogP) is 1.72. The van der Waals surface area contributed by atoms with Gasteiger partial charge in [0.05, 0.1) is 30.7 Å². The Kier molecular flexibility index (Phi) is 3.19. The summed E-state index contributed by atoms with van der Waals surface area (Å²) in [6.45, 7) is -9.86. The van der Waals surface area contributed by atoms with E-state index in [2.05, 4.69) is 9.97 Å². The highest BCUT2D eigenvalue weighted by Crippen LogP contribution is 2.34. The number of nitrogen functional groups attached to an aromatic ring is 1. The highest BCUT2D eigenvalue weighted by molar-refractivity contribution is 5.91. The van der Waals surface area contributed by atoms with Crippen molar-refractivity contribution in [2.24, 2.45) is 0 Å². The number of fused-ring (bicyclic) bond motifs is 2. The number of rotatable bonds is 5. The van der Waals surface area contributed by atoms with Crippen molar-refractivity contribution in [1.29, 1.82) is 0 Å². The van der Waals surface area contributed by atoms with Gasteiger partial charge in [0.15, 0.2) is 25.8 Å². The van der Waals surface area contributed by atoms with Crippen LogP contribution in [0.5, 0.6) is 23.0 Å². The molecule has 5 rings (SSSR count). The molecule has 0 spiro atoms. The Balaban J connectivity index is 1.56. The number of ether oxygens (including phenoxy) is 4. The summed E-state index contributed by atoms with van der Waals surface area (Å²) in [5.74, 6) is -2.49. The van der Waals surface area contributed by atoms with E-state index in [-0.39, 0.29) is 56.6 Å². The number of anilines is 2. The number of piperazine rings is 1. The fourth-order valence-electron chi connectivity index (χ4n) is 3.25. The minimum Gasteiger partial charge on any atom is -0.493 e. The molecule has 2 aromatic carbocycles. The number of carbonyl (C=O) groups excluding carboxylic acids is 1. The maximum atomic E-state index is 13.6. The summed E-state index contributed by atoms with van der Waals surface area (Å²) >= 11 is 0. The van der Waals surface area contributed by atoms with Crippen LogP contribution in [0.4, 0.5) is 11.8 Å². The second kappa shape index (κ2) is 8.53. The smallest absolute Gasteiger partial charge is 0.267 e. The van der Waals surface area contributed by atoms with Crippen LogP contribution in [0.1, 0.15) is 11.0 Å². The molecule has 10 nitrogen and oxygen atoms in total. The molecule has 1 aromatic heterocycles. The number of nitrogens with two attached hydrogens (primary N) is 1. The molecule has 172 valence electrons. The molecule has 1 saturated heterocycles. The zero-order valence-corrected chi connectivity index (χ0v) is 17.6. The third-order valence-electron chi connectivity index (χ3n) is 4.90. The molecule has 1 amide bonds. The molecular formula is C23H25N5O5. The highest BCUT2D eigenvalue weighted by atomic mass is 16.6. The Labute approximate surface area is 205 Å². The van der Waals surface area contributed by atoms with E-state index in [0.717, 1.165) is 4.90 Å². The fourth-order valence-corrected chi connectivity index (χ4v) is 3.25. The monoisotopic (exact) mass is 461 g/mol. The second-order valence-corrected chi connectivity index (χ2v) is 6.90. The van der Waals surface area contributed by atoms with Crippen LogP contribution < -0.4 is 29.6 Å². The summed E-state index contributed by atoms with van der Waals surface area (Å²) in [6.07, 6.45) is -2.05. The normalized spacial score (nSPS) is 26.5. The SMILES string of the molecule is [2H]c1c(OC)c(OC)c([2H])c2c(N([2H])[2H])nc(N3CC([2H])([2H])N(C(=O)C4Oc5ccccc5OC4([2H])[2H])C([2H])([2H])C3)nc12. The molecule has 0 aliphatic carbocycles. The number of hydrogen-bond acceptors (Lipinski definition) is 9. The first kappa shape index (κ1) is 12.3. The lowest BCUT2D eigenvalue weighted by Crippen LogP contribution is -2.54. The first-order valence-electron chi connectivity index (χ1n) is 14.7. The summed E-state index contributed by atoms with van der Waals surface area (Å²) in [5, 5.41) is -0.201. The molecule has 0 saturated carbocycles. The van der Waals surface area contributed by atoms with Gasteiger partial charge in [0.25, 0.3) is 5.91 Å². The molecular weight excluding hydrogens is 426 g/mol. The molecule has 33 heavy (non-hydrogen) atoms. The van der Waals surface area contributed by atoms with Gasteiger partial charge in [-0.3, -0.25) is 4.79 Å². The van der Waals surface area contributed by atoms with Gasteiger partial charge in [0.1, 0.15) is 12.4 Å². The van der Waals surface area contributed by atoms with E-state index < -0.39 is 56.4 Å². The van der Waals surface area contributed by atoms with Crippen LogP contribution in [0.15, 0.2) is 36.4 Å². The Bertz CT molecular complexity index is 1590. The molecule has 0 bridgehead atoms. The number of methoxy groups -OCH3 is 2. The molecule has 2 aliphatic rings. The van der Waals surface area contributed by atoms with Crippen molar-refractivity contribution in [1.82, 2.24) is 14.9 Å². The maximum Gasteiger partial charge on any atom is 0.267 e. The lowest BCUT2D eigenvalue weighted by atomic mass is 10.2. The zero-order chi connectivity index (χ0) is 31.6. The van der Waals surface area contributed by atoms with Gasteiger partial charge in [0, 0.05) is 37.5 Å². The van der Waals surface area contributed by atoms with Gasteiger partial charge in [-0.25, -0.2) is 4.98 Å². The van der Waals surface area contributed by atoms with Crippen molar-refractivity contribution in [3.63, 3.8) is 0 Å². The quantitative estimate of drug-likeness (QED) is 0.607. The summed E-state index contributed by atoms with van der Waals surface area (Å²) < 4.78 is 105. The van der Waals surface area contributed by atoms with Gasteiger partial charge in [-0.05, 0) is 18.2 Å². The third-order valence-corrected chi connectivity index (χ3v) is 4.90. The van der Waals surface area contributed by atoms with Gasteiger partial charge in [0.2, 0.25) is 12.1 Å². The van der Waals surface area contributed by atoms with E-state index >= 15 is 0 Å². The molecule has 1 unspecified atom stereocenters. The first-order valence-corrected chi connectivity index (χ1v) is 9.78. The fraction of sp³-hybridized carbons (Fsp3) is 0.348. The van der Waals surface area contributed by atoms with Crippen molar-refractivity contribution in [3.8, 4) is 23.0 Å². The number of carbonyl (C=O) groups is 1. The van der Waals surface area contributed by atoms with Crippen molar-refractivity contribution < 1.29 is 37.5 Å². The van der Waals surface area contributed by atoms with Crippen LogP contribution in [0.2, 0.25) is 2.82 Å². The molecule has 10 heteroatoms. The zero-order valence-electron chi connectivity index (χ0n) is 27.6. The van der Waals surface area contributed by atoms with E-state index in [0.29, 0.717) is 0 Å². The Hall–Kier alpha value is -3.95. The number of benzene rings is 2. The van der Waals surface area contributed by atoms with Gasteiger partial charge < -0.3 is 34.5 Å². The number of amides is 1. The summed E-state index contributed by atoms with van der Waals surface area (Å²) in [4.78, 5) is 23.3. The summed E-state index contributed by atoms with van der Waals surface area (Å²) in [5.41, 5.74) is -0.174. The number of aromatic nitrogens is 2. The van der Waals surface area contributed by atoms with Crippen LogP contribution in [0.25, 0.3) is 10.9 Å². The largest absolute Gasteiger partial charge is 0.493 e. The predicted molar refractivity (Wildman–Crippen MR) is 122 cm³/mol. The van der Waals surface area contributed by atoms with E-state index in [9.17, 15) is 4.79 Å². The summed E-state index contributed by atoms with van der Waals surface area (Å²) in [6, 6.07) is 5.23. The standard InChI is InChI=1S/C23H25N5O5/c1-30-18-11-14-15(12-19(18)31-2)25-23(26-21(14)24)28-9-7-27(8-10-28)22(29)20-13-32-16-5-3-4-6-17(16)33-20/h3-6,11-12,20H,7-10,13H2,1-2H3,(H2,24,25,26)/i7D2,8D2,11D,12D,13D2/hD2. The van der Waals surface area contributed by atoms with Crippen molar-refractivity contribution in [2.75, 3.05) is 57.5 Å². The van der Waals surface area contributed by atoms with Crippen LogP contribution in [0, 0.1) is 0 Å². The molecule has 1 atom stereocenters. The minimum atomic E-state index is -2.81. The molecule has 3 aromatic rings. The topological polar surface area (TPSA) is 112 Å². The molecule has 1 fully saturated rings. The number of nitrogens with zero attached hydrogens (tertiary/aromatic N) is 4. The van der Waals surface area contributed by atoms with Gasteiger partial charge in [-0.15, -0.1) is 0 Å². The van der Waals surface area contributed by atoms with Crippen LogP contribution in [-0.4, -0.2) is 73.7 Å². The van der Waals surface area contributed by atoms with Gasteiger partial charge >= 0.3 is 0 Å². The summed E-state index contributed by atoms with van der Waals surface area (Å²) in [7, 11) is 2.49. The Morgan fingerprint density at radius 3 is 2.64 bits per heavy atom. The molecule has 0 radical (unpaired) electrons. The number of hydrogen-bond donors (Lipinski definition) is 1. The highest BCUT2D eigenvalue weighted by Gasteiger charge is 2.33. The van der Waals surface area contributed by atoms with E-state index in [1.165, 1.54) is 26.4 Å². The second-order valence-electron chi connectivity index (χ2n) is 6.90. The Morgan fingerprint density at radius 1 is 1.18 bits per heavy atom. The lowest BCUT2D eigenvalue weighted by Gasteiger charge is -2.37. The number of para-hydroxylation sites is 2. The van der Waals surface area contributed by atoms with Gasteiger partial charge in [-0.2, -0.15) is 4.98 Å². The third kappa shape index (κ3) is 3.88. The van der Waals surface area contributed by atoms with Crippen molar-refractivity contribution in [2.45, 2.75) is 6.10 Å². The van der Waals surface area contributed by atoms with Crippen molar-refractivity contribution >= 4 is 28.6 Å². The molecule has 2 N–H and O–H groups in total. The van der Waals surface area contributed by atoms with Crippen LogP contribution >= 0.6 is 0 Å². The van der Waals surface area contributed by atoms with Crippen LogP contribution in [0.3, 0.4) is 0 Å². The average Bonchev–Trinajstić information content (AvgIpc) is 2.91. The minimum absolute atomic E-state index is 0.0216. The lowest BCUT2D eigenvalue weighted by molar-refractivity contribution is -0.141. The van der Waals surface area contributed by atoms with E-state index in [4.69, 9.17) is 32.7 Å². The maximum absolute atomic E-state index is 13.6. The first-order chi connectivity index (χ1) is 20.0. The Morgan fingerprint density at radius 2 is 1.91 bits per heavy atom. The molecule has 3 heterocycles. The van der Waals surface area contributed by atoms with Gasteiger partial charge in [-0.1, -0.05) is 12.1 Å². The average molecular weight is 462 g/mol. The van der Waals surface area contributed by atoms with Crippen molar-refractivity contribution in [3.05, 3.63) is 36.4 Å². The van der Waals surface area contributed by atoms with E-state index in [1.807, 2.05) is 0 Å². The van der Waals surface area contributed by atoms with E-state index in [1.54, 1.807) is 12.1 Å². The molecule has 2 aliphatic heterocycles.